The van der Waals surface area contributed by atoms with Crippen molar-refractivity contribution in [1.82, 2.24) is 0 Å². The molecule has 0 aliphatic heterocycles. The molecule has 0 aromatic carbocycles. The Morgan fingerprint density at radius 2 is 0.540 bits per heavy atom. The molecule has 0 unspecified atom stereocenters. The van der Waals surface area contributed by atoms with Crippen molar-refractivity contribution < 1.29 is 28.6 Å². The highest BCUT2D eigenvalue weighted by Crippen LogP contribution is 2.16. The molecule has 0 aliphatic carbocycles. The zero-order chi connectivity index (χ0) is 36.6. The summed E-state index contributed by atoms with van der Waals surface area (Å²) in [5.74, 6) is -0.872. The Hall–Kier alpha value is -1.59. The normalized spacial score (nSPS) is 11.8. The molecule has 50 heavy (non-hydrogen) atoms. The molecule has 0 aromatic rings. The molecule has 0 saturated carbocycles. The van der Waals surface area contributed by atoms with E-state index >= 15 is 0 Å². The summed E-state index contributed by atoms with van der Waals surface area (Å²) in [6, 6.07) is 0. The molecule has 0 N–H and O–H groups in total. The molecule has 296 valence electrons. The van der Waals surface area contributed by atoms with Crippen LogP contribution >= 0.6 is 0 Å². The molecule has 6 nitrogen and oxygen atoms in total. The number of ether oxygens (including phenoxy) is 3. The van der Waals surface area contributed by atoms with Gasteiger partial charge in [0.1, 0.15) is 13.2 Å². The predicted molar refractivity (Wildman–Crippen MR) is 210 cm³/mol. The number of unbranched alkanes of at least 4 members (excludes halogenated alkanes) is 29. The second kappa shape index (κ2) is 40.2. The lowest BCUT2D eigenvalue weighted by Crippen LogP contribution is -2.30. The van der Waals surface area contributed by atoms with E-state index < -0.39 is 6.10 Å². The first kappa shape index (κ1) is 48.4. The first-order chi connectivity index (χ1) is 24.5. The predicted octanol–water partition coefficient (Wildman–Crippen LogP) is 13.7. The molecule has 0 bridgehead atoms. The van der Waals surface area contributed by atoms with Gasteiger partial charge in [-0.3, -0.25) is 14.4 Å². The summed E-state index contributed by atoms with van der Waals surface area (Å²) >= 11 is 0. The van der Waals surface area contributed by atoms with Crippen LogP contribution in [0, 0.1) is 0 Å². The van der Waals surface area contributed by atoms with Crippen LogP contribution in [0.5, 0.6) is 0 Å². The fourth-order valence-corrected chi connectivity index (χ4v) is 6.50. The molecule has 0 saturated heterocycles. The van der Waals surface area contributed by atoms with Gasteiger partial charge < -0.3 is 14.2 Å². The Balaban J connectivity index is 4.09. The zero-order valence-electron chi connectivity index (χ0n) is 33.7. The smallest absolute Gasteiger partial charge is 0.306 e. The van der Waals surface area contributed by atoms with Crippen LogP contribution in [0.1, 0.15) is 245 Å². The van der Waals surface area contributed by atoms with Crippen LogP contribution in [0.4, 0.5) is 0 Å². The Morgan fingerprint density at radius 1 is 0.320 bits per heavy atom. The second-order valence-corrected chi connectivity index (χ2v) is 15.0. The highest BCUT2D eigenvalue weighted by atomic mass is 16.6. The minimum Gasteiger partial charge on any atom is -0.462 e. The van der Waals surface area contributed by atoms with E-state index in [1.807, 2.05) is 0 Å². The lowest BCUT2D eigenvalue weighted by Gasteiger charge is -2.18. The molecule has 1 atom stereocenters. The van der Waals surface area contributed by atoms with Crippen LogP contribution in [0.2, 0.25) is 0 Å². The molecular weight excluding hydrogens is 624 g/mol. The minimum atomic E-state index is -0.755. The van der Waals surface area contributed by atoms with Gasteiger partial charge in [-0.05, 0) is 19.3 Å². The molecule has 0 heterocycles. The third kappa shape index (κ3) is 37.7. The van der Waals surface area contributed by atoms with Crippen LogP contribution in [0.25, 0.3) is 0 Å². The van der Waals surface area contributed by atoms with E-state index in [4.69, 9.17) is 14.2 Å². The Morgan fingerprint density at radius 3 is 0.800 bits per heavy atom. The highest BCUT2D eigenvalue weighted by molar-refractivity contribution is 5.71. The molecule has 0 amide bonds. The summed E-state index contributed by atoms with van der Waals surface area (Å²) < 4.78 is 16.6. The SMILES string of the molecule is CCCCCCCCCCCCCCCCCCCCC(=O)OC[C@H](COC(=O)CCCCCCC)OC(=O)CCCCCCCCCCC. The third-order valence-corrected chi connectivity index (χ3v) is 9.86. The van der Waals surface area contributed by atoms with E-state index in [1.54, 1.807) is 0 Å². The van der Waals surface area contributed by atoms with Crippen molar-refractivity contribution in [2.24, 2.45) is 0 Å². The number of rotatable bonds is 40. The third-order valence-electron chi connectivity index (χ3n) is 9.86. The van der Waals surface area contributed by atoms with Crippen molar-refractivity contribution in [2.45, 2.75) is 252 Å². The maximum Gasteiger partial charge on any atom is 0.306 e. The van der Waals surface area contributed by atoms with Crippen LogP contribution < -0.4 is 0 Å². The lowest BCUT2D eigenvalue weighted by atomic mass is 10.0. The quantitative estimate of drug-likeness (QED) is 0.0358. The summed E-state index contributed by atoms with van der Waals surface area (Å²) in [5.41, 5.74) is 0. The first-order valence-corrected chi connectivity index (χ1v) is 22.0. The van der Waals surface area contributed by atoms with Gasteiger partial charge in [-0.1, -0.05) is 207 Å². The highest BCUT2D eigenvalue weighted by Gasteiger charge is 2.19. The lowest BCUT2D eigenvalue weighted by molar-refractivity contribution is -0.167. The van der Waals surface area contributed by atoms with E-state index in [9.17, 15) is 14.4 Å². The van der Waals surface area contributed by atoms with Crippen LogP contribution in [-0.4, -0.2) is 37.2 Å². The monoisotopic (exact) mass is 709 g/mol. The van der Waals surface area contributed by atoms with Crippen molar-refractivity contribution in [3.8, 4) is 0 Å². The van der Waals surface area contributed by atoms with Gasteiger partial charge in [-0.15, -0.1) is 0 Å². The fourth-order valence-electron chi connectivity index (χ4n) is 6.50. The van der Waals surface area contributed by atoms with Crippen LogP contribution in [-0.2, 0) is 28.6 Å². The van der Waals surface area contributed by atoms with Crippen molar-refractivity contribution in [3.05, 3.63) is 0 Å². The summed E-state index contributed by atoms with van der Waals surface area (Å²) in [6.07, 6.45) is 39.8. The Labute approximate surface area is 310 Å². The molecule has 0 aliphatic rings. The van der Waals surface area contributed by atoms with Gasteiger partial charge in [0.05, 0.1) is 0 Å². The van der Waals surface area contributed by atoms with E-state index in [-0.39, 0.29) is 31.1 Å². The van der Waals surface area contributed by atoms with E-state index in [2.05, 4.69) is 20.8 Å². The molecule has 0 fully saturated rings. The van der Waals surface area contributed by atoms with E-state index in [0.29, 0.717) is 19.3 Å². The van der Waals surface area contributed by atoms with Crippen molar-refractivity contribution in [3.63, 3.8) is 0 Å². The number of carbonyl (C=O) groups is 3. The maximum absolute atomic E-state index is 12.6. The summed E-state index contributed by atoms with van der Waals surface area (Å²) in [4.78, 5) is 37.3. The van der Waals surface area contributed by atoms with Gasteiger partial charge in [-0.2, -0.15) is 0 Å². The van der Waals surface area contributed by atoms with Crippen molar-refractivity contribution in [1.29, 1.82) is 0 Å². The Bertz CT molecular complexity index is 738. The molecule has 6 heteroatoms. The summed E-state index contributed by atoms with van der Waals surface area (Å²) in [5, 5.41) is 0. The number of hydrogen-bond acceptors (Lipinski definition) is 6. The Kier molecular flexibility index (Phi) is 38.9. The molecule has 0 radical (unpaired) electrons. The average Bonchev–Trinajstić information content (AvgIpc) is 3.11. The summed E-state index contributed by atoms with van der Waals surface area (Å²) in [7, 11) is 0. The van der Waals surface area contributed by atoms with Gasteiger partial charge in [0.15, 0.2) is 6.10 Å². The fraction of sp³-hybridized carbons (Fsp3) is 0.932. The zero-order valence-corrected chi connectivity index (χ0v) is 33.7. The van der Waals surface area contributed by atoms with Crippen molar-refractivity contribution in [2.75, 3.05) is 13.2 Å². The molecule has 0 spiro atoms. The van der Waals surface area contributed by atoms with Crippen molar-refractivity contribution >= 4 is 17.9 Å². The van der Waals surface area contributed by atoms with Gasteiger partial charge in [0, 0.05) is 19.3 Å². The summed E-state index contributed by atoms with van der Waals surface area (Å²) in [6.45, 7) is 6.55. The van der Waals surface area contributed by atoms with Gasteiger partial charge in [0.25, 0.3) is 0 Å². The standard InChI is InChI=1S/C44H84O6/c1-4-7-10-13-15-17-18-19-20-21-22-23-24-25-27-28-31-34-37-43(46)49-40-41(39-48-42(45)36-33-30-12-9-6-3)50-44(47)38-35-32-29-26-16-14-11-8-5-2/h41H,4-40H2,1-3H3/t41-/m0/s1. The number of esters is 3. The molecular formula is C44H84O6. The molecule has 0 rings (SSSR count). The largest absolute Gasteiger partial charge is 0.462 e. The van der Waals surface area contributed by atoms with E-state index in [0.717, 1.165) is 64.2 Å². The first-order valence-electron chi connectivity index (χ1n) is 22.0. The maximum atomic E-state index is 12.6. The average molecular weight is 709 g/mol. The van der Waals surface area contributed by atoms with E-state index in [1.165, 1.54) is 141 Å². The van der Waals surface area contributed by atoms with Gasteiger partial charge in [0.2, 0.25) is 0 Å². The number of hydrogen-bond donors (Lipinski definition) is 0. The van der Waals surface area contributed by atoms with Crippen LogP contribution in [0.3, 0.4) is 0 Å². The van der Waals surface area contributed by atoms with Gasteiger partial charge in [-0.25, -0.2) is 0 Å². The van der Waals surface area contributed by atoms with Gasteiger partial charge >= 0.3 is 17.9 Å². The van der Waals surface area contributed by atoms with Crippen LogP contribution in [0.15, 0.2) is 0 Å². The topological polar surface area (TPSA) is 78.9 Å². The number of carbonyl (C=O) groups excluding carboxylic acids is 3. The minimum absolute atomic E-state index is 0.0643. The molecule has 0 aromatic heterocycles. The second-order valence-electron chi connectivity index (χ2n) is 15.0.